The largest absolute Gasteiger partial charge is 0.459 e. The van der Waals surface area contributed by atoms with Crippen LogP contribution in [0.4, 0.5) is 5.13 Å². The van der Waals surface area contributed by atoms with Gasteiger partial charge in [0.2, 0.25) is 0 Å². The maximum atomic E-state index is 11.9. The number of rotatable bonds is 4. The third-order valence-corrected chi connectivity index (χ3v) is 4.69. The lowest BCUT2D eigenvalue weighted by Gasteiger charge is -2.03. The Morgan fingerprint density at radius 3 is 2.91 bits per heavy atom. The molecule has 0 bridgehead atoms. The smallest absolute Gasteiger partial charge is 0.293 e. The zero-order chi connectivity index (χ0) is 15.5. The van der Waals surface area contributed by atoms with Gasteiger partial charge in [-0.05, 0) is 23.8 Å². The van der Waals surface area contributed by atoms with Crippen LogP contribution in [0.25, 0.3) is 0 Å². The van der Waals surface area contributed by atoms with Gasteiger partial charge in [0.15, 0.2) is 10.9 Å². The van der Waals surface area contributed by atoms with Gasteiger partial charge in [-0.2, -0.15) is 0 Å². The summed E-state index contributed by atoms with van der Waals surface area (Å²) in [6, 6.07) is 8.76. The molecule has 0 atom stereocenters. The number of thiazole rings is 1. The summed E-state index contributed by atoms with van der Waals surface area (Å²) in [5.41, 5.74) is 0.918. The van der Waals surface area contributed by atoms with Crippen molar-refractivity contribution in [1.29, 1.82) is 0 Å². The van der Waals surface area contributed by atoms with Crippen LogP contribution in [0.15, 0.2) is 47.2 Å². The maximum absolute atomic E-state index is 11.9. The molecule has 0 spiro atoms. The fourth-order valence-corrected chi connectivity index (χ4v) is 3.10. The molecule has 22 heavy (non-hydrogen) atoms. The van der Waals surface area contributed by atoms with E-state index in [9.17, 15) is 4.79 Å². The van der Waals surface area contributed by atoms with Crippen LogP contribution in [0.5, 0.6) is 0 Å². The fraction of sp³-hybridized carbons (Fsp3) is 0.0667. The highest BCUT2D eigenvalue weighted by atomic mass is 35.5. The minimum absolute atomic E-state index is 0.245. The van der Waals surface area contributed by atoms with Gasteiger partial charge < -0.3 is 4.42 Å². The first-order valence-electron chi connectivity index (χ1n) is 6.36. The van der Waals surface area contributed by atoms with Gasteiger partial charge in [-0.25, -0.2) is 4.98 Å². The van der Waals surface area contributed by atoms with Crippen molar-refractivity contribution in [2.75, 3.05) is 5.32 Å². The average molecular weight is 353 g/mol. The second-order valence-electron chi connectivity index (χ2n) is 4.45. The molecular weight excluding hydrogens is 343 g/mol. The van der Waals surface area contributed by atoms with E-state index in [0.29, 0.717) is 21.6 Å². The number of nitrogens with zero attached hydrogens (tertiary/aromatic N) is 1. The molecule has 112 valence electrons. The van der Waals surface area contributed by atoms with Gasteiger partial charge in [0.1, 0.15) is 0 Å². The quantitative estimate of drug-likeness (QED) is 0.727. The van der Waals surface area contributed by atoms with Crippen molar-refractivity contribution in [2.24, 2.45) is 0 Å². The summed E-state index contributed by atoms with van der Waals surface area (Å²) in [6.07, 6.45) is 3.76. The van der Waals surface area contributed by atoms with Gasteiger partial charge in [-0.1, -0.05) is 35.3 Å². The summed E-state index contributed by atoms with van der Waals surface area (Å²) in [4.78, 5) is 17.0. The summed E-state index contributed by atoms with van der Waals surface area (Å²) in [5, 5.41) is 4.26. The first-order chi connectivity index (χ1) is 10.6. The molecular formula is C15H10Cl2N2O2S. The normalized spacial score (nSPS) is 10.6. The van der Waals surface area contributed by atoms with Gasteiger partial charge in [-0.3, -0.25) is 10.1 Å². The second kappa shape index (κ2) is 6.52. The predicted molar refractivity (Wildman–Crippen MR) is 88.0 cm³/mol. The van der Waals surface area contributed by atoms with Crippen molar-refractivity contribution in [3.63, 3.8) is 0 Å². The van der Waals surface area contributed by atoms with Crippen molar-refractivity contribution in [1.82, 2.24) is 4.98 Å². The minimum Gasteiger partial charge on any atom is -0.459 e. The molecule has 0 saturated carbocycles. The molecule has 2 heterocycles. The summed E-state index contributed by atoms with van der Waals surface area (Å²) < 4.78 is 5.03. The lowest BCUT2D eigenvalue weighted by atomic mass is 10.1. The van der Waals surface area contributed by atoms with Crippen LogP contribution < -0.4 is 5.32 Å². The molecule has 0 saturated heterocycles. The molecule has 0 aliphatic rings. The van der Waals surface area contributed by atoms with Gasteiger partial charge in [0.25, 0.3) is 5.91 Å². The Kier molecular flexibility index (Phi) is 4.47. The first-order valence-corrected chi connectivity index (χ1v) is 7.93. The van der Waals surface area contributed by atoms with Gasteiger partial charge in [0.05, 0.1) is 16.3 Å². The van der Waals surface area contributed by atoms with Crippen LogP contribution in [0.3, 0.4) is 0 Å². The lowest BCUT2D eigenvalue weighted by molar-refractivity contribution is 0.0996. The summed E-state index contributed by atoms with van der Waals surface area (Å²) in [6.45, 7) is 0. The molecule has 1 aromatic carbocycles. The third-order valence-electron chi connectivity index (χ3n) is 2.92. The molecule has 0 aliphatic heterocycles. The number of hydrogen-bond acceptors (Lipinski definition) is 4. The number of anilines is 1. The molecule has 0 fully saturated rings. The van der Waals surface area contributed by atoms with E-state index in [1.54, 1.807) is 24.4 Å². The zero-order valence-electron chi connectivity index (χ0n) is 11.2. The van der Waals surface area contributed by atoms with Gasteiger partial charge >= 0.3 is 0 Å². The van der Waals surface area contributed by atoms with Crippen molar-refractivity contribution in [3.8, 4) is 0 Å². The molecule has 1 amide bonds. The highest BCUT2D eigenvalue weighted by Gasteiger charge is 2.12. The Morgan fingerprint density at radius 2 is 2.14 bits per heavy atom. The Labute approximate surface area is 140 Å². The number of halogens is 2. The van der Waals surface area contributed by atoms with E-state index in [0.717, 1.165) is 10.4 Å². The lowest BCUT2D eigenvalue weighted by Crippen LogP contribution is -2.10. The number of hydrogen-bond donors (Lipinski definition) is 1. The first kappa shape index (κ1) is 15.1. The number of amides is 1. The van der Waals surface area contributed by atoms with Crippen LogP contribution in [0.1, 0.15) is 21.0 Å². The molecule has 1 N–H and O–H groups in total. The Bertz CT molecular complexity index is 800. The third kappa shape index (κ3) is 3.32. The Balaban J connectivity index is 1.71. The zero-order valence-corrected chi connectivity index (χ0v) is 13.5. The van der Waals surface area contributed by atoms with Crippen molar-refractivity contribution in [3.05, 3.63) is 69.0 Å². The number of carbonyl (C=O) groups excluding carboxylic acids is 1. The molecule has 2 aromatic heterocycles. The van der Waals surface area contributed by atoms with Gasteiger partial charge in [0, 0.05) is 17.5 Å². The fourth-order valence-electron chi connectivity index (χ4n) is 1.89. The van der Waals surface area contributed by atoms with Crippen molar-refractivity contribution < 1.29 is 9.21 Å². The summed E-state index contributed by atoms with van der Waals surface area (Å²) in [7, 11) is 0. The molecule has 0 aliphatic carbocycles. The Hall–Kier alpha value is -1.82. The highest BCUT2D eigenvalue weighted by Crippen LogP contribution is 2.29. The SMILES string of the molecule is O=C(Nc1ncc(Cc2cccc(Cl)c2Cl)s1)c1ccco1. The molecule has 3 aromatic rings. The molecule has 4 nitrogen and oxygen atoms in total. The van der Waals surface area contributed by atoms with Crippen molar-refractivity contribution in [2.45, 2.75) is 6.42 Å². The molecule has 7 heteroatoms. The van der Waals surface area contributed by atoms with Crippen LogP contribution in [-0.2, 0) is 6.42 Å². The average Bonchev–Trinajstić information content (AvgIpc) is 3.15. The van der Waals surface area contributed by atoms with E-state index in [1.807, 2.05) is 12.1 Å². The summed E-state index contributed by atoms with van der Waals surface area (Å²) in [5.74, 6) is -0.0821. The Morgan fingerprint density at radius 1 is 1.27 bits per heavy atom. The van der Waals surface area contributed by atoms with E-state index in [2.05, 4.69) is 10.3 Å². The highest BCUT2D eigenvalue weighted by molar-refractivity contribution is 7.15. The van der Waals surface area contributed by atoms with E-state index in [4.69, 9.17) is 27.6 Å². The molecule has 0 unspecified atom stereocenters. The van der Waals surface area contributed by atoms with E-state index < -0.39 is 0 Å². The van der Waals surface area contributed by atoms with Crippen LogP contribution in [0, 0.1) is 0 Å². The predicted octanol–water partition coefficient (Wildman–Crippen LogP) is 4.89. The molecule has 0 radical (unpaired) electrons. The van der Waals surface area contributed by atoms with E-state index in [1.165, 1.54) is 17.6 Å². The maximum Gasteiger partial charge on any atom is 0.293 e. The topological polar surface area (TPSA) is 55.1 Å². The van der Waals surface area contributed by atoms with Gasteiger partial charge in [-0.15, -0.1) is 11.3 Å². The number of carbonyl (C=O) groups is 1. The van der Waals surface area contributed by atoms with E-state index >= 15 is 0 Å². The summed E-state index contributed by atoms with van der Waals surface area (Å²) >= 11 is 13.6. The second-order valence-corrected chi connectivity index (χ2v) is 6.35. The number of nitrogens with one attached hydrogen (secondary N) is 1. The standard InChI is InChI=1S/C15H10Cl2N2O2S/c16-11-4-1-3-9(13(11)17)7-10-8-18-15(22-10)19-14(20)12-5-2-6-21-12/h1-6,8H,7H2,(H,18,19,20). The number of benzene rings is 1. The minimum atomic E-state index is -0.327. The van der Waals surface area contributed by atoms with Crippen LogP contribution in [0.2, 0.25) is 10.0 Å². The molecule has 3 rings (SSSR count). The van der Waals surface area contributed by atoms with Crippen LogP contribution >= 0.6 is 34.5 Å². The number of furan rings is 1. The monoisotopic (exact) mass is 352 g/mol. The van der Waals surface area contributed by atoms with Crippen molar-refractivity contribution >= 4 is 45.6 Å². The van der Waals surface area contributed by atoms with Crippen LogP contribution in [-0.4, -0.2) is 10.9 Å². The van der Waals surface area contributed by atoms with E-state index in [-0.39, 0.29) is 11.7 Å². The number of aromatic nitrogens is 1.